The SMILES string of the molecule is Cc1ccc(C(C)(C)C)c(OCC(=O)NCCN(C)C)c1. The fourth-order valence-electron chi connectivity index (χ4n) is 1.98. The first kappa shape index (κ1) is 17.5. The van der Waals surface area contributed by atoms with Crippen molar-refractivity contribution in [2.75, 3.05) is 33.8 Å². The van der Waals surface area contributed by atoms with E-state index < -0.39 is 0 Å². The van der Waals surface area contributed by atoms with Crippen LogP contribution in [0.3, 0.4) is 0 Å². The van der Waals surface area contributed by atoms with Crippen LogP contribution in [0.5, 0.6) is 5.75 Å². The minimum atomic E-state index is -0.0850. The molecule has 0 saturated carbocycles. The van der Waals surface area contributed by atoms with Crippen molar-refractivity contribution in [2.45, 2.75) is 33.1 Å². The summed E-state index contributed by atoms with van der Waals surface area (Å²) >= 11 is 0. The number of carbonyl (C=O) groups is 1. The van der Waals surface area contributed by atoms with Gasteiger partial charge in [0, 0.05) is 13.1 Å². The molecule has 0 radical (unpaired) electrons. The highest BCUT2D eigenvalue weighted by atomic mass is 16.5. The van der Waals surface area contributed by atoms with Crippen LogP contribution in [0.2, 0.25) is 0 Å². The van der Waals surface area contributed by atoms with Crippen molar-refractivity contribution in [1.82, 2.24) is 10.2 Å². The molecule has 0 saturated heterocycles. The molecule has 0 bridgehead atoms. The van der Waals surface area contributed by atoms with E-state index in [0.29, 0.717) is 6.54 Å². The van der Waals surface area contributed by atoms with E-state index in [2.05, 4.69) is 38.2 Å². The van der Waals surface area contributed by atoms with Crippen LogP contribution in [0.25, 0.3) is 0 Å². The number of likely N-dealkylation sites (N-methyl/N-ethyl adjacent to an activating group) is 1. The summed E-state index contributed by atoms with van der Waals surface area (Å²) in [5.41, 5.74) is 2.24. The molecule has 0 unspecified atom stereocenters. The summed E-state index contributed by atoms with van der Waals surface area (Å²) in [6, 6.07) is 6.15. The van der Waals surface area contributed by atoms with Crippen LogP contribution in [-0.2, 0) is 10.2 Å². The molecule has 4 heteroatoms. The van der Waals surface area contributed by atoms with Crippen molar-refractivity contribution in [2.24, 2.45) is 0 Å². The maximum absolute atomic E-state index is 11.8. The Morgan fingerprint density at radius 1 is 1.29 bits per heavy atom. The van der Waals surface area contributed by atoms with Gasteiger partial charge in [-0.3, -0.25) is 4.79 Å². The standard InChI is InChI=1S/C17H28N2O2/c1-13-7-8-14(17(2,3)4)15(11-13)21-12-16(20)18-9-10-19(5)6/h7-8,11H,9-10,12H2,1-6H3,(H,18,20). The predicted octanol–water partition coefficient (Wildman–Crippen LogP) is 2.35. The van der Waals surface area contributed by atoms with Crippen molar-refractivity contribution < 1.29 is 9.53 Å². The van der Waals surface area contributed by atoms with Gasteiger partial charge in [0.2, 0.25) is 0 Å². The minimum absolute atomic E-state index is 0.00949. The Morgan fingerprint density at radius 3 is 2.52 bits per heavy atom. The van der Waals surface area contributed by atoms with Gasteiger partial charge < -0.3 is 15.0 Å². The highest BCUT2D eigenvalue weighted by molar-refractivity contribution is 5.77. The van der Waals surface area contributed by atoms with E-state index in [1.54, 1.807) is 0 Å². The first-order chi connectivity index (χ1) is 9.70. The summed E-state index contributed by atoms with van der Waals surface area (Å²) < 4.78 is 5.74. The number of nitrogens with zero attached hydrogens (tertiary/aromatic N) is 1. The van der Waals surface area contributed by atoms with Crippen LogP contribution in [0.15, 0.2) is 18.2 Å². The van der Waals surface area contributed by atoms with Crippen LogP contribution in [-0.4, -0.2) is 44.6 Å². The van der Waals surface area contributed by atoms with Gasteiger partial charge in [0.05, 0.1) is 0 Å². The first-order valence-corrected chi connectivity index (χ1v) is 7.35. The van der Waals surface area contributed by atoms with Crippen LogP contribution in [0, 0.1) is 6.92 Å². The minimum Gasteiger partial charge on any atom is -0.483 e. The van der Waals surface area contributed by atoms with E-state index in [4.69, 9.17) is 4.74 Å². The molecule has 4 nitrogen and oxygen atoms in total. The molecule has 0 aliphatic rings. The van der Waals surface area contributed by atoms with Gasteiger partial charge >= 0.3 is 0 Å². The van der Waals surface area contributed by atoms with Gasteiger partial charge in [0.25, 0.3) is 5.91 Å². The van der Waals surface area contributed by atoms with Crippen LogP contribution >= 0.6 is 0 Å². The molecule has 1 aromatic carbocycles. The summed E-state index contributed by atoms with van der Waals surface area (Å²) in [7, 11) is 3.95. The molecule has 0 spiro atoms. The molecule has 0 fully saturated rings. The second-order valence-electron chi connectivity index (χ2n) is 6.69. The summed E-state index contributed by atoms with van der Waals surface area (Å²) in [5.74, 6) is 0.712. The Hall–Kier alpha value is -1.55. The molecule has 1 aromatic rings. The Morgan fingerprint density at radius 2 is 1.95 bits per heavy atom. The number of benzene rings is 1. The van der Waals surface area contributed by atoms with Gasteiger partial charge in [-0.1, -0.05) is 32.9 Å². The summed E-state index contributed by atoms with van der Waals surface area (Å²) in [5, 5.41) is 2.85. The number of carbonyl (C=O) groups excluding carboxylic acids is 1. The Balaban J connectivity index is 2.62. The summed E-state index contributed by atoms with van der Waals surface area (Å²) in [6.07, 6.45) is 0. The van der Waals surface area contributed by atoms with E-state index in [-0.39, 0.29) is 17.9 Å². The van der Waals surface area contributed by atoms with E-state index in [0.717, 1.165) is 23.4 Å². The van der Waals surface area contributed by atoms with Gasteiger partial charge in [-0.15, -0.1) is 0 Å². The van der Waals surface area contributed by atoms with E-state index in [9.17, 15) is 4.79 Å². The topological polar surface area (TPSA) is 41.6 Å². The third kappa shape index (κ3) is 6.17. The molecule has 1 N–H and O–H groups in total. The number of rotatable bonds is 6. The third-order valence-corrected chi connectivity index (χ3v) is 3.19. The van der Waals surface area contributed by atoms with Gasteiger partial charge in [-0.05, 0) is 43.6 Å². The lowest BCUT2D eigenvalue weighted by atomic mass is 9.86. The number of hydrogen-bond donors (Lipinski definition) is 1. The lowest BCUT2D eigenvalue weighted by Crippen LogP contribution is -2.34. The molecule has 0 aliphatic heterocycles. The summed E-state index contributed by atoms with van der Waals surface area (Å²) in [4.78, 5) is 13.8. The average molecular weight is 292 g/mol. The van der Waals surface area contributed by atoms with Gasteiger partial charge in [-0.2, -0.15) is 0 Å². The average Bonchev–Trinajstić information content (AvgIpc) is 2.34. The maximum atomic E-state index is 11.8. The van der Waals surface area contributed by atoms with Crippen molar-refractivity contribution in [3.63, 3.8) is 0 Å². The van der Waals surface area contributed by atoms with Crippen LogP contribution in [0.1, 0.15) is 31.9 Å². The van der Waals surface area contributed by atoms with Crippen molar-refractivity contribution in [3.8, 4) is 5.75 Å². The van der Waals surface area contributed by atoms with Crippen LogP contribution < -0.4 is 10.1 Å². The molecule has 1 rings (SSSR count). The predicted molar refractivity (Wildman–Crippen MR) is 86.9 cm³/mol. The normalized spacial score (nSPS) is 11.6. The molecule has 0 heterocycles. The fraction of sp³-hybridized carbons (Fsp3) is 0.588. The van der Waals surface area contributed by atoms with E-state index in [1.165, 1.54) is 0 Å². The molecule has 0 aliphatic carbocycles. The molecule has 118 valence electrons. The zero-order valence-corrected chi connectivity index (χ0v) is 14.1. The van der Waals surface area contributed by atoms with Crippen LogP contribution in [0.4, 0.5) is 0 Å². The number of hydrogen-bond acceptors (Lipinski definition) is 3. The first-order valence-electron chi connectivity index (χ1n) is 7.35. The Labute approximate surface area is 128 Å². The zero-order valence-electron chi connectivity index (χ0n) is 14.1. The second kappa shape index (κ2) is 7.46. The maximum Gasteiger partial charge on any atom is 0.257 e. The highest BCUT2D eigenvalue weighted by Crippen LogP contribution is 2.31. The molecule has 0 atom stereocenters. The lowest BCUT2D eigenvalue weighted by molar-refractivity contribution is -0.123. The van der Waals surface area contributed by atoms with E-state index >= 15 is 0 Å². The Kier molecular flexibility index (Phi) is 6.21. The molecular weight excluding hydrogens is 264 g/mol. The third-order valence-electron chi connectivity index (χ3n) is 3.19. The number of amides is 1. The monoisotopic (exact) mass is 292 g/mol. The zero-order chi connectivity index (χ0) is 16.0. The quantitative estimate of drug-likeness (QED) is 0.875. The largest absolute Gasteiger partial charge is 0.483 e. The number of nitrogens with one attached hydrogen (secondary N) is 1. The molecule has 1 amide bonds. The van der Waals surface area contributed by atoms with Gasteiger partial charge in [0.1, 0.15) is 5.75 Å². The smallest absolute Gasteiger partial charge is 0.257 e. The fourth-order valence-corrected chi connectivity index (χ4v) is 1.98. The number of ether oxygens (including phenoxy) is 1. The second-order valence-corrected chi connectivity index (χ2v) is 6.69. The molecular formula is C17H28N2O2. The van der Waals surface area contributed by atoms with Crippen molar-refractivity contribution in [1.29, 1.82) is 0 Å². The highest BCUT2D eigenvalue weighted by Gasteiger charge is 2.19. The van der Waals surface area contributed by atoms with Gasteiger partial charge in [0.15, 0.2) is 6.61 Å². The lowest BCUT2D eigenvalue weighted by Gasteiger charge is -2.23. The van der Waals surface area contributed by atoms with Gasteiger partial charge in [-0.25, -0.2) is 0 Å². The number of aryl methyl sites for hydroxylation is 1. The summed E-state index contributed by atoms with van der Waals surface area (Å²) in [6.45, 7) is 9.96. The van der Waals surface area contributed by atoms with Crippen molar-refractivity contribution >= 4 is 5.91 Å². The van der Waals surface area contributed by atoms with Crippen molar-refractivity contribution in [3.05, 3.63) is 29.3 Å². The molecule has 0 aromatic heterocycles. The molecule has 21 heavy (non-hydrogen) atoms. The Bertz CT molecular complexity index is 476. The van der Waals surface area contributed by atoms with E-state index in [1.807, 2.05) is 32.0 Å².